The molecule has 19 atom stereocenters. The number of unbranched alkanes of at least 4 members (excludes halogenated alkanes) is 2. The molecule has 0 aliphatic carbocycles. The Balaban J connectivity index is 1.96. The molecule has 1 aliphatic heterocycles. The maximum absolute atomic E-state index is 15.0. The number of aliphatic carboxylic acids is 1. The number of rotatable bonds is 65. The van der Waals surface area contributed by atoms with E-state index in [9.17, 15) is 102 Å². The van der Waals surface area contributed by atoms with Crippen molar-refractivity contribution in [2.24, 2.45) is 57.7 Å². The topological polar surface area (TPSA) is 855 Å². The Morgan fingerprint density at radius 1 is 0.460 bits per heavy atom. The van der Waals surface area contributed by atoms with E-state index >= 15 is 4.79 Å². The van der Waals surface area contributed by atoms with Gasteiger partial charge in [-0.1, -0.05) is 58.4 Å². The molecular weight excluding hydrogens is 1850 g/mol. The number of nitrogens with zero attached hydrogens (tertiary/aromatic N) is 1. The Bertz CT molecular complexity index is 4410. The van der Waals surface area contributed by atoms with Crippen LogP contribution < -0.4 is 136 Å². The second-order valence-electron chi connectivity index (χ2n) is 35.0. The van der Waals surface area contributed by atoms with Crippen LogP contribution in [0.25, 0.3) is 0 Å². The fourth-order valence-electron chi connectivity index (χ4n) is 14.5. The predicted molar refractivity (Wildman–Crippen MR) is 519 cm³/mol. The smallest absolute Gasteiger partial charge is 0.326 e. The van der Waals surface area contributed by atoms with Crippen LogP contribution in [0, 0.1) is 22.7 Å². The van der Waals surface area contributed by atoms with Crippen molar-refractivity contribution in [3.63, 3.8) is 0 Å². The van der Waals surface area contributed by atoms with Crippen LogP contribution in [-0.4, -0.2) is 322 Å². The maximum Gasteiger partial charge on any atom is 0.326 e. The first-order chi connectivity index (χ1) is 65.5. The van der Waals surface area contributed by atoms with Crippen molar-refractivity contribution in [2.45, 2.75) is 278 Å². The molecule has 16 amide bonds. The van der Waals surface area contributed by atoms with Crippen LogP contribution in [0.15, 0.2) is 48.5 Å². The molecule has 0 spiro atoms. The van der Waals surface area contributed by atoms with Gasteiger partial charge in [-0.25, -0.2) is 4.79 Å². The number of likely N-dealkylation sites (tertiary alicyclic amines) is 1. The second kappa shape index (κ2) is 62.1. The average molecular weight is 2000 g/mol. The molecule has 0 aromatic heterocycles. The van der Waals surface area contributed by atoms with Gasteiger partial charge in [0.2, 0.25) is 94.5 Å². The first-order valence-corrected chi connectivity index (χ1v) is 47.3. The number of β-amino-alcohol motifs (C(OH)–C–C–N with tert-alkyl or cyclic N) is 1. The molecule has 2 aromatic rings. The van der Waals surface area contributed by atoms with Gasteiger partial charge >= 0.3 is 5.97 Å². The number of aliphatic hydroxyl groups excluding tert-OH is 2. The third-order valence-electron chi connectivity index (χ3n) is 22.7. The third-order valence-corrected chi connectivity index (χ3v) is 23.3. The normalized spacial score (nSPS) is 16.6. The van der Waals surface area contributed by atoms with Crippen LogP contribution in [-0.2, 0) is 94.3 Å². The number of amides is 16. The summed E-state index contributed by atoms with van der Waals surface area (Å²) in [6, 6.07) is -14.0. The van der Waals surface area contributed by atoms with Gasteiger partial charge in [0.25, 0.3) is 0 Å². The zero-order valence-corrected chi connectivity index (χ0v) is 81.7. The number of nitrogens with two attached hydrogens (primary N) is 8. The van der Waals surface area contributed by atoms with Crippen molar-refractivity contribution >= 4 is 138 Å². The summed E-state index contributed by atoms with van der Waals surface area (Å²) in [7, 11) is 1.71. The lowest BCUT2D eigenvalue weighted by Gasteiger charge is -2.33. The molecule has 3 rings (SSSR count). The second-order valence-corrected chi connectivity index (χ2v) is 36.6. The van der Waals surface area contributed by atoms with E-state index in [1.807, 2.05) is 0 Å². The number of carboxylic acids is 1. The van der Waals surface area contributed by atoms with E-state index in [2.05, 4.69) is 116 Å². The van der Waals surface area contributed by atoms with Gasteiger partial charge in [-0.2, -0.15) is 25.3 Å². The number of benzene rings is 2. The number of hydrogen-bond acceptors (Lipinski definition) is 31. The molecule has 0 saturated carbocycles. The molecule has 52 heteroatoms. The largest absolute Gasteiger partial charge is 0.508 e. The Morgan fingerprint density at radius 3 is 1.20 bits per heavy atom. The molecule has 1 aliphatic rings. The van der Waals surface area contributed by atoms with Gasteiger partial charge in [-0.3, -0.25) is 87.5 Å². The van der Waals surface area contributed by atoms with E-state index in [-0.39, 0.29) is 140 Å². The van der Waals surface area contributed by atoms with Crippen LogP contribution >= 0.6 is 25.3 Å². The average Bonchev–Trinajstić information content (AvgIpc) is 1.70. The molecule has 1 fully saturated rings. The summed E-state index contributed by atoms with van der Waals surface area (Å²) in [5.41, 5.74) is 47.2. The third kappa shape index (κ3) is 43.1. The van der Waals surface area contributed by atoms with E-state index in [1.54, 1.807) is 34.7 Å². The Kier molecular flexibility index (Phi) is 54.1. The Morgan fingerprint density at radius 2 is 0.820 bits per heavy atom. The fourth-order valence-corrected chi connectivity index (χ4v) is 14.9. The number of carboxylic acid groups (broad SMARTS) is 1. The highest BCUT2D eigenvalue weighted by Crippen LogP contribution is 2.24. The standard InChI is InChI=1S/C87H148N28O22S2/c1-9-45(4)66(112-79(131)63-40-51(119)42-115(63)83(135)65(93)44(2)3)80(132)106-53(17-11-13-35-98-8)70(122)108-59(38-47-20-24-49(117)25-21-47)77(129)114-68(87(6,7)139)82(134)109-60(41-64(92)120)76(128)103-54(18-14-36-99-85(94)95)69(121)104-58(30-34-91)75(127)113-67(46(5)116)81(133)107-57(29-33-90)74(126)101-52(16-10-12-31-88)72(124)111-62(43-138)78(130)105-56(28-32-89)73(125)102-55(19-15-37-100-86(96)97)71(123)110-61(84(136)137)39-48-22-26-50(118)27-23-48/h20-27,44-46,51-63,65-68,98,116-119,138-139H,9-19,28-43,88-91,93H2,1-8H3,(H2,92,120)(H,101,126)(H,102,125)(H,103,128)(H,104,121)(H,105,130)(H,106,132)(H,107,133)(H,108,122)(H,109,134)(H,110,123)(H,111,124)(H,112,131)(H,113,127)(H,114,129)(H,136,137)(H4,94,95,99)(H4,96,97,100)/t45-,46+,51+,52-,53-,54-,55-,56-,57+,58-,59-,60-,61-,62-,63-,65-,66-,67-,68+/m0/s1. The van der Waals surface area contributed by atoms with Crippen LogP contribution in [0.3, 0.4) is 0 Å². The highest BCUT2D eigenvalue weighted by atomic mass is 32.1. The molecule has 1 saturated heterocycles. The quantitative estimate of drug-likeness (QED) is 0.0127. The Hall–Kier alpha value is -12.0. The number of nitrogens with one attached hydrogen (secondary N) is 19. The zero-order chi connectivity index (χ0) is 105. The molecule has 139 heavy (non-hydrogen) atoms. The minimum Gasteiger partial charge on any atom is -0.508 e. The molecule has 40 N–H and O–H groups in total. The number of hydrogen-bond donors (Lipinski definition) is 34. The summed E-state index contributed by atoms with van der Waals surface area (Å²) < 4.78 is -1.61. The van der Waals surface area contributed by atoms with Gasteiger partial charge in [-0.05, 0) is 191 Å². The summed E-state index contributed by atoms with van der Waals surface area (Å²) in [5.74, 6) is -20.2. The highest BCUT2D eigenvalue weighted by molar-refractivity contribution is 7.81. The van der Waals surface area contributed by atoms with E-state index in [0.29, 0.717) is 43.4 Å². The monoisotopic (exact) mass is 2000 g/mol. The van der Waals surface area contributed by atoms with Gasteiger partial charge in [0.05, 0.1) is 24.7 Å². The number of guanidine groups is 2. The number of phenolic OH excluding ortho intramolecular Hbond substituents is 2. The lowest BCUT2D eigenvalue weighted by molar-refractivity contribution is -0.142. The summed E-state index contributed by atoms with van der Waals surface area (Å²) >= 11 is 8.92. The van der Waals surface area contributed by atoms with Gasteiger partial charge in [-0.15, -0.1) is 0 Å². The van der Waals surface area contributed by atoms with Crippen molar-refractivity contribution < 1.29 is 107 Å². The zero-order valence-electron chi connectivity index (χ0n) is 79.9. The fraction of sp³-hybridized carbons (Fsp3) is 0.644. The van der Waals surface area contributed by atoms with Crippen LogP contribution in [0.1, 0.15) is 162 Å². The van der Waals surface area contributed by atoms with Crippen LogP contribution in [0.5, 0.6) is 11.5 Å². The lowest BCUT2D eigenvalue weighted by Crippen LogP contribution is -2.64. The summed E-state index contributed by atoms with van der Waals surface area (Å²) in [6.07, 6.45) is -4.65. The number of carbonyl (C=O) groups is 17. The number of phenols is 2. The maximum atomic E-state index is 15.0. The molecule has 0 unspecified atom stereocenters. The number of thiol groups is 2. The van der Waals surface area contributed by atoms with E-state index in [4.69, 9.17) is 56.7 Å². The van der Waals surface area contributed by atoms with Gasteiger partial charge < -0.3 is 167 Å². The van der Waals surface area contributed by atoms with Crippen molar-refractivity contribution in [1.82, 2.24) is 95.3 Å². The highest BCUT2D eigenvalue weighted by Gasteiger charge is 2.45. The van der Waals surface area contributed by atoms with Crippen molar-refractivity contribution in [3.05, 3.63) is 59.7 Å². The summed E-state index contributed by atoms with van der Waals surface area (Å²) in [4.78, 5) is 243. The molecule has 0 bridgehead atoms. The number of primary amides is 1. The molecule has 0 radical (unpaired) electrons. The van der Waals surface area contributed by atoms with E-state index in [0.717, 1.165) is 6.92 Å². The van der Waals surface area contributed by atoms with E-state index < -0.39 is 251 Å². The minimum absolute atomic E-state index is 0.0303. The Labute approximate surface area is 818 Å². The first-order valence-electron chi connectivity index (χ1n) is 46.2. The van der Waals surface area contributed by atoms with Crippen LogP contribution in [0.2, 0.25) is 0 Å². The molecule has 1 heterocycles. The predicted octanol–water partition coefficient (Wildman–Crippen LogP) is -9.27. The SMILES string of the molecule is CC[C@H](C)[C@H](NC(=O)[C@@H]1C[C@@H](O)CN1C(=O)[C@@H](N)C(C)C)C(=O)N[C@@H](CCCCNC)C(=O)N[C@@H](Cc1ccc(O)cc1)C(=O)N[C@H](C(=O)N[C@@H](CC(N)=O)C(=O)N[C@@H](CCCNC(=N)N)C(=O)N[C@@H](CCN)C(=O)N[C@H](C(=O)N[C@H](CCN)C(=O)N[C@@H](CCCCN)C(=O)N[C@@H](CS)C(=O)N[C@@H](CCN)C(=O)N[C@@H](CCCNC(=N)N)C(=O)N[C@@H](Cc1ccc(O)cc1)C(=O)O)[C@@H](C)O)C(C)(C)S. The molecule has 50 nitrogen and oxygen atoms in total. The van der Waals surface area contributed by atoms with Crippen molar-refractivity contribution in [2.75, 3.05) is 65.2 Å². The summed E-state index contributed by atoms with van der Waals surface area (Å²) in [6.45, 7) is 10.2. The lowest BCUT2D eigenvalue weighted by atomic mass is 9.96. The first kappa shape index (κ1) is 121. The minimum atomic E-state index is -1.99. The van der Waals surface area contributed by atoms with Gasteiger partial charge in [0.15, 0.2) is 11.9 Å². The molecule has 780 valence electrons. The van der Waals surface area contributed by atoms with Gasteiger partial charge in [0.1, 0.15) is 102 Å². The number of aromatic hydroxyl groups is 2. The summed E-state index contributed by atoms with van der Waals surface area (Å²) in [5, 5.41) is 111. The number of aliphatic hydroxyl groups is 2. The van der Waals surface area contributed by atoms with Crippen LogP contribution in [0.4, 0.5) is 0 Å². The van der Waals surface area contributed by atoms with Crippen molar-refractivity contribution in [1.29, 1.82) is 10.8 Å². The number of carbonyl (C=O) groups excluding carboxylic acids is 16. The van der Waals surface area contributed by atoms with Gasteiger partial charge in [0, 0.05) is 49.4 Å². The molecular formula is C87H148N28O22S2. The van der Waals surface area contributed by atoms with Crippen molar-refractivity contribution in [3.8, 4) is 11.5 Å². The van der Waals surface area contributed by atoms with E-state index in [1.165, 1.54) is 67.3 Å². The molecule has 2 aromatic carbocycles.